The molecule has 1 N–H and O–H groups in total. The number of benzene rings is 2. The molecule has 0 fully saturated rings. The number of ketones is 1. The van der Waals surface area contributed by atoms with E-state index in [9.17, 15) is 9.90 Å². The second-order valence-corrected chi connectivity index (χ2v) is 5.21. The zero-order valence-corrected chi connectivity index (χ0v) is 12.5. The van der Waals surface area contributed by atoms with Crippen LogP contribution in [0, 0.1) is 0 Å². The minimum Gasteiger partial charge on any atom is -0.497 e. The highest BCUT2D eigenvalue weighted by atomic mass is 16.5. The lowest BCUT2D eigenvalue weighted by atomic mass is 10.1. The van der Waals surface area contributed by atoms with Gasteiger partial charge in [-0.2, -0.15) is 0 Å². The molecule has 1 heterocycles. The molecule has 3 aromatic rings. The maximum atomic E-state index is 11.9. The van der Waals surface area contributed by atoms with Gasteiger partial charge in [-0.25, -0.2) is 0 Å². The van der Waals surface area contributed by atoms with Crippen LogP contribution in [0.25, 0.3) is 10.9 Å². The maximum Gasteiger partial charge on any atom is 0.203 e. The molecule has 0 unspecified atom stereocenters. The summed E-state index contributed by atoms with van der Waals surface area (Å²) in [5, 5.41) is 11.2. The van der Waals surface area contributed by atoms with Crippen molar-refractivity contribution in [3.05, 3.63) is 59.7 Å². The van der Waals surface area contributed by atoms with Gasteiger partial charge in [-0.15, -0.1) is 0 Å². The molecule has 0 saturated carbocycles. The molecule has 22 heavy (non-hydrogen) atoms. The molecular weight excluding hydrogens is 278 g/mol. The van der Waals surface area contributed by atoms with Gasteiger partial charge in [0, 0.05) is 5.39 Å². The van der Waals surface area contributed by atoms with Crippen LogP contribution in [0.15, 0.2) is 48.5 Å². The molecule has 3 rings (SSSR count). The highest BCUT2D eigenvalue weighted by molar-refractivity contribution is 6.10. The number of nitrogens with zero attached hydrogens (tertiary/aromatic N) is 1. The standard InChI is InChI=1S/C18H17NO3/c1-12(20)17-15-10-14(22-2)8-9-16(15)19(18(17)21)11-13-6-4-3-5-7-13/h3-10,21H,11H2,1-2H3. The van der Waals surface area contributed by atoms with Gasteiger partial charge in [-0.05, 0) is 30.7 Å². The van der Waals surface area contributed by atoms with Gasteiger partial charge < -0.3 is 14.4 Å². The van der Waals surface area contributed by atoms with Crippen molar-refractivity contribution in [3.8, 4) is 11.6 Å². The lowest BCUT2D eigenvalue weighted by Gasteiger charge is -2.07. The van der Waals surface area contributed by atoms with Crippen molar-refractivity contribution < 1.29 is 14.6 Å². The highest BCUT2D eigenvalue weighted by Gasteiger charge is 2.20. The van der Waals surface area contributed by atoms with Gasteiger partial charge in [0.2, 0.25) is 5.88 Å². The highest BCUT2D eigenvalue weighted by Crippen LogP contribution is 2.34. The zero-order chi connectivity index (χ0) is 15.7. The smallest absolute Gasteiger partial charge is 0.203 e. The number of fused-ring (bicyclic) bond motifs is 1. The number of carbonyl (C=O) groups is 1. The van der Waals surface area contributed by atoms with Crippen LogP contribution < -0.4 is 4.74 Å². The van der Waals surface area contributed by atoms with Crippen molar-refractivity contribution in [1.29, 1.82) is 0 Å². The molecule has 0 aliphatic carbocycles. The third-order valence-electron chi connectivity index (χ3n) is 3.78. The predicted octanol–water partition coefficient (Wildman–Crippen LogP) is 3.61. The number of hydrogen-bond acceptors (Lipinski definition) is 3. The average molecular weight is 295 g/mol. The number of hydrogen-bond donors (Lipinski definition) is 1. The molecule has 0 spiro atoms. The van der Waals surface area contributed by atoms with E-state index in [1.54, 1.807) is 17.7 Å². The fourth-order valence-electron chi connectivity index (χ4n) is 2.72. The third-order valence-corrected chi connectivity index (χ3v) is 3.78. The fourth-order valence-corrected chi connectivity index (χ4v) is 2.72. The van der Waals surface area contributed by atoms with Crippen LogP contribution in [0.5, 0.6) is 11.6 Å². The van der Waals surface area contributed by atoms with Gasteiger partial charge >= 0.3 is 0 Å². The maximum absolute atomic E-state index is 11.9. The first kappa shape index (κ1) is 14.2. The monoisotopic (exact) mass is 295 g/mol. The van der Waals surface area contributed by atoms with Crippen molar-refractivity contribution in [2.24, 2.45) is 0 Å². The van der Waals surface area contributed by atoms with Crippen molar-refractivity contribution >= 4 is 16.7 Å². The topological polar surface area (TPSA) is 51.5 Å². The van der Waals surface area contributed by atoms with E-state index in [0.29, 0.717) is 23.2 Å². The third kappa shape index (κ3) is 2.33. The second kappa shape index (κ2) is 5.56. The molecule has 0 saturated heterocycles. The Kier molecular flexibility index (Phi) is 3.59. The number of rotatable bonds is 4. The average Bonchev–Trinajstić information content (AvgIpc) is 2.80. The Hall–Kier alpha value is -2.75. The van der Waals surface area contributed by atoms with Crippen LogP contribution in [0.3, 0.4) is 0 Å². The van der Waals surface area contributed by atoms with E-state index in [2.05, 4.69) is 0 Å². The van der Waals surface area contributed by atoms with Gasteiger partial charge in [0.1, 0.15) is 5.75 Å². The van der Waals surface area contributed by atoms with Gasteiger partial charge in [-0.1, -0.05) is 30.3 Å². The van der Waals surface area contributed by atoms with Crippen LogP contribution >= 0.6 is 0 Å². The zero-order valence-electron chi connectivity index (χ0n) is 12.5. The summed E-state index contributed by atoms with van der Waals surface area (Å²) < 4.78 is 6.97. The summed E-state index contributed by atoms with van der Waals surface area (Å²) in [7, 11) is 1.58. The fraction of sp³-hybridized carbons (Fsp3) is 0.167. The van der Waals surface area contributed by atoms with Crippen molar-refractivity contribution in [3.63, 3.8) is 0 Å². The minimum atomic E-state index is -0.164. The Morgan fingerprint density at radius 3 is 2.55 bits per heavy atom. The molecule has 4 heteroatoms. The SMILES string of the molecule is COc1ccc2c(c1)c(C(C)=O)c(O)n2Cc1ccccc1. The molecule has 0 radical (unpaired) electrons. The molecule has 112 valence electrons. The summed E-state index contributed by atoms with van der Waals surface area (Å²) in [4.78, 5) is 11.9. The van der Waals surface area contributed by atoms with Crippen LogP contribution in [0.1, 0.15) is 22.8 Å². The lowest BCUT2D eigenvalue weighted by molar-refractivity contribution is 0.101. The molecule has 0 aliphatic heterocycles. The van der Waals surface area contributed by atoms with Gasteiger partial charge in [-0.3, -0.25) is 4.79 Å². The summed E-state index contributed by atoms with van der Waals surface area (Å²) in [5.41, 5.74) is 2.21. The van der Waals surface area contributed by atoms with E-state index in [0.717, 1.165) is 11.1 Å². The largest absolute Gasteiger partial charge is 0.497 e. The molecule has 2 aromatic carbocycles. The summed E-state index contributed by atoms with van der Waals surface area (Å²) in [5.74, 6) is 0.494. The lowest BCUT2D eigenvalue weighted by Crippen LogP contribution is -1.99. The Labute approximate surface area is 128 Å². The van der Waals surface area contributed by atoms with Crippen molar-refractivity contribution in [2.75, 3.05) is 7.11 Å². The quantitative estimate of drug-likeness (QED) is 0.748. The number of ether oxygens (including phenoxy) is 1. The van der Waals surface area contributed by atoms with Crippen LogP contribution in [0.4, 0.5) is 0 Å². The van der Waals surface area contributed by atoms with Crippen LogP contribution in [-0.2, 0) is 6.54 Å². The predicted molar refractivity (Wildman–Crippen MR) is 85.7 cm³/mol. The number of Topliss-reactive ketones (excluding diaryl/α,β-unsaturated/α-hetero) is 1. The first-order valence-corrected chi connectivity index (χ1v) is 7.06. The summed E-state index contributed by atoms with van der Waals surface area (Å²) in [6.07, 6.45) is 0. The first-order valence-electron chi connectivity index (χ1n) is 7.06. The summed E-state index contributed by atoms with van der Waals surface area (Å²) in [6, 6.07) is 15.3. The molecule has 0 bridgehead atoms. The molecular formula is C18H17NO3. The first-order chi connectivity index (χ1) is 10.6. The van der Waals surface area contributed by atoms with Gasteiger partial charge in [0.15, 0.2) is 5.78 Å². The minimum absolute atomic E-state index is 0.000365. The van der Waals surface area contributed by atoms with E-state index in [4.69, 9.17) is 4.74 Å². The second-order valence-electron chi connectivity index (χ2n) is 5.21. The normalized spacial score (nSPS) is 10.8. The molecule has 1 aromatic heterocycles. The van der Waals surface area contributed by atoms with E-state index >= 15 is 0 Å². The molecule has 0 aliphatic rings. The number of aromatic nitrogens is 1. The Balaban J connectivity index is 2.21. The van der Waals surface area contributed by atoms with Gasteiger partial charge in [0.25, 0.3) is 0 Å². The number of aromatic hydroxyl groups is 1. The van der Waals surface area contributed by atoms with Crippen molar-refractivity contribution in [2.45, 2.75) is 13.5 Å². The van der Waals surface area contributed by atoms with Crippen LogP contribution in [-0.4, -0.2) is 22.6 Å². The summed E-state index contributed by atoms with van der Waals surface area (Å²) in [6.45, 7) is 1.96. The number of carbonyl (C=O) groups excluding carboxylic acids is 1. The molecule has 4 nitrogen and oxygen atoms in total. The Morgan fingerprint density at radius 1 is 1.18 bits per heavy atom. The van der Waals surface area contributed by atoms with Gasteiger partial charge in [0.05, 0.1) is 24.7 Å². The van der Waals surface area contributed by atoms with Crippen LogP contribution in [0.2, 0.25) is 0 Å². The molecule has 0 amide bonds. The van der Waals surface area contributed by atoms with E-state index in [1.165, 1.54) is 6.92 Å². The number of methoxy groups -OCH3 is 1. The van der Waals surface area contributed by atoms with E-state index in [-0.39, 0.29) is 11.7 Å². The van der Waals surface area contributed by atoms with E-state index < -0.39 is 0 Å². The molecule has 0 atom stereocenters. The Morgan fingerprint density at radius 2 is 1.91 bits per heavy atom. The van der Waals surface area contributed by atoms with Crippen molar-refractivity contribution in [1.82, 2.24) is 4.57 Å². The Bertz CT molecular complexity index is 834. The summed E-state index contributed by atoms with van der Waals surface area (Å²) >= 11 is 0. The van der Waals surface area contributed by atoms with E-state index in [1.807, 2.05) is 42.5 Å².